The Morgan fingerprint density at radius 2 is 1.78 bits per heavy atom. The second-order valence-electron chi connectivity index (χ2n) is 7.67. The van der Waals surface area contributed by atoms with Crippen molar-refractivity contribution in [2.75, 3.05) is 11.6 Å². The summed E-state index contributed by atoms with van der Waals surface area (Å²) >= 11 is 0. The maximum absolute atomic E-state index is 11.9. The molecule has 0 radical (unpaired) electrons. The van der Waals surface area contributed by atoms with Gasteiger partial charge in [0.1, 0.15) is 12.1 Å². The van der Waals surface area contributed by atoms with Crippen molar-refractivity contribution in [1.82, 2.24) is 9.97 Å². The van der Waals surface area contributed by atoms with E-state index in [9.17, 15) is 8.42 Å². The molecule has 0 aliphatic rings. The van der Waals surface area contributed by atoms with Crippen LogP contribution in [0.4, 0.5) is 5.82 Å². The number of fused-ring (bicyclic) bond motifs is 1. The van der Waals surface area contributed by atoms with E-state index in [-0.39, 0.29) is 16.4 Å². The van der Waals surface area contributed by atoms with Gasteiger partial charge in [0.05, 0.1) is 10.4 Å². The molecule has 0 amide bonds. The van der Waals surface area contributed by atoms with Gasteiger partial charge in [0.2, 0.25) is 0 Å². The fourth-order valence-corrected chi connectivity index (χ4v) is 4.09. The number of aromatic nitrogens is 2. The SMILES string of the molecule is CC(CC(C)(C)c1ccccc1)Nc1ncnc2ccc(S(C)(=O)=O)cc12. The molecule has 1 aromatic heterocycles. The van der Waals surface area contributed by atoms with E-state index in [0.717, 1.165) is 11.9 Å². The van der Waals surface area contributed by atoms with E-state index in [1.807, 2.05) is 6.07 Å². The van der Waals surface area contributed by atoms with Crippen molar-refractivity contribution in [2.24, 2.45) is 0 Å². The fourth-order valence-electron chi connectivity index (χ4n) is 3.44. The van der Waals surface area contributed by atoms with E-state index in [1.165, 1.54) is 18.1 Å². The smallest absolute Gasteiger partial charge is 0.175 e. The Hall–Kier alpha value is -2.47. The summed E-state index contributed by atoms with van der Waals surface area (Å²) in [4.78, 5) is 8.87. The van der Waals surface area contributed by atoms with E-state index in [0.29, 0.717) is 11.2 Å². The van der Waals surface area contributed by atoms with Crippen LogP contribution in [0.3, 0.4) is 0 Å². The van der Waals surface area contributed by atoms with Crippen LogP contribution >= 0.6 is 0 Å². The highest BCUT2D eigenvalue weighted by atomic mass is 32.2. The highest BCUT2D eigenvalue weighted by Gasteiger charge is 2.23. The van der Waals surface area contributed by atoms with Gasteiger partial charge in [-0.15, -0.1) is 0 Å². The number of anilines is 1. The molecule has 1 atom stereocenters. The van der Waals surface area contributed by atoms with Gasteiger partial charge in [-0.1, -0.05) is 44.2 Å². The van der Waals surface area contributed by atoms with Crippen LogP contribution in [-0.4, -0.2) is 30.7 Å². The van der Waals surface area contributed by atoms with Crippen molar-refractivity contribution >= 4 is 26.6 Å². The molecule has 2 aromatic carbocycles. The van der Waals surface area contributed by atoms with Gasteiger partial charge in [-0.3, -0.25) is 0 Å². The normalized spacial score (nSPS) is 13.5. The zero-order valence-corrected chi connectivity index (χ0v) is 16.9. The molecular formula is C21H25N3O2S. The van der Waals surface area contributed by atoms with Crippen LogP contribution < -0.4 is 5.32 Å². The first kappa shape index (κ1) is 19.3. The average molecular weight is 384 g/mol. The maximum atomic E-state index is 11.9. The lowest BCUT2D eigenvalue weighted by molar-refractivity contribution is 0.450. The van der Waals surface area contributed by atoms with Crippen molar-refractivity contribution in [1.29, 1.82) is 0 Å². The number of sulfone groups is 1. The number of nitrogens with one attached hydrogen (secondary N) is 1. The lowest BCUT2D eigenvalue weighted by Gasteiger charge is -2.29. The molecule has 0 aliphatic heterocycles. The van der Waals surface area contributed by atoms with Crippen molar-refractivity contribution in [3.8, 4) is 0 Å². The number of nitrogens with zero attached hydrogens (tertiary/aromatic N) is 2. The van der Waals surface area contributed by atoms with Gasteiger partial charge in [-0.25, -0.2) is 18.4 Å². The highest BCUT2D eigenvalue weighted by Crippen LogP contribution is 2.30. The van der Waals surface area contributed by atoms with Gasteiger partial charge in [-0.05, 0) is 42.5 Å². The first-order valence-electron chi connectivity index (χ1n) is 8.94. The Balaban J connectivity index is 1.87. The van der Waals surface area contributed by atoms with Gasteiger partial charge in [0.25, 0.3) is 0 Å². The molecule has 0 saturated carbocycles. The van der Waals surface area contributed by atoms with Crippen LogP contribution in [0.5, 0.6) is 0 Å². The Bertz CT molecular complexity index is 1050. The van der Waals surface area contributed by atoms with Gasteiger partial charge < -0.3 is 5.32 Å². The molecule has 1 N–H and O–H groups in total. The Labute approximate surface area is 160 Å². The molecule has 0 fully saturated rings. The topological polar surface area (TPSA) is 72.0 Å². The van der Waals surface area contributed by atoms with Crippen molar-refractivity contribution in [3.05, 3.63) is 60.4 Å². The molecule has 1 unspecified atom stereocenters. The minimum atomic E-state index is -3.29. The molecule has 3 aromatic rings. The minimum absolute atomic E-state index is 0.00553. The predicted octanol–water partition coefficient (Wildman–Crippen LogP) is 4.20. The molecule has 0 aliphatic carbocycles. The summed E-state index contributed by atoms with van der Waals surface area (Å²) in [5, 5.41) is 4.16. The number of hydrogen-bond donors (Lipinski definition) is 1. The molecule has 5 nitrogen and oxygen atoms in total. The standard InChI is InChI=1S/C21H25N3O2S/c1-15(13-21(2,3)16-8-6-5-7-9-16)24-20-18-12-17(27(4,25)26)10-11-19(18)22-14-23-20/h5-12,14-15H,13H2,1-4H3,(H,22,23,24). The van der Waals surface area contributed by atoms with E-state index >= 15 is 0 Å². The van der Waals surface area contributed by atoms with Crippen molar-refractivity contribution < 1.29 is 8.42 Å². The summed E-state index contributed by atoms with van der Waals surface area (Å²) in [6.45, 7) is 6.56. The highest BCUT2D eigenvalue weighted by molar-refractivity contribution is 7.90. The van der Waals surface area contributed by atoms with Crippen LogP contribution in [0.1, 0.15) is 32.8 Å². The van der Waals surface area contributed by atoms with Crippen LogP contribution in [0.25, 0.3) is 10.9 Å². The Morgan fingerprint density at radius 3 is 2.44 bits per heavy atom. The lowest BCUT2D eigenvalue weighted by atomic mass is 9.79. The van der Waals surface area contributed by atoms with Crippen LogP contribution in [0.15, 0.2) is 59.8 Å². The number of benzene rings is 2. The average Bonchev–Trinajstić information content (AvgIpc) is 2.61. The first-order valence-corrected chi connectivity index (χ1v) is 10.8. The van der Waals surface area contributed by atoms with Crippen molar-refractivity contribution in [2.45, 2.75) is 43.5 Å². The predicted molar refractivity (Wildman–Crippen MR) is 110 cm³/mol. The van der Waals surface area contributed by atoms with Crippen LogP contribution in [-0.2, 0) is 15.3 Å². The maximum Gasteiger partial charge on any atom is 0.175 e. The second-order valence-corrected chi connectivity index (χ2v) is 9.69. The van der Waals surface area contributed by atoms with E-state index in [1.54, 1.807) is 18.2 Å². The summed E-state index contributed by atoms with van der Waals surface area (Å²) < 4.78 is 23.8. The van der Waals surface area contributed by atoms with E-state index < -0.39 is 9.84 Å². The van der Waals surface area contributed by atoms with Gasteiger partial charge in [-0.2, -0.15) is 0 Å². The second kappa shape index (κ2) is 7.27. The molecule has 1 heterocycles. The quantitative estimate of drug-likeness (QED) is 0.691. The summed E-state index contributed by atoms with van der Waals surface area (Å²) in [6, 6.07) is 15.5. The Morgan fingerprint density at radius 1 is 1.07 bits per heavy atom. The lowest BCUT2D eigenvalue weighted by Crippen LogP contribution is -2.28. The summed E-state index contributed by atoms with van der Waals surface area (Å²) in [5.74, 6) is 0.655. The molecule has 27 heavy (non-hydrogen) atoms. The Kier molecular flexibility index (Phi) is 5.20. The number of hydrogen-bond acceptors (Lipinski definition) is 5. The summed E-state index contributed by atoms with van der Waals surface area (Å²) in [7, 11) is -3.29. The number of rotatable bonds is 6. The monoisotopic (exact) mass is 383 g/mol. The van der Waals surface area contributed by atoms with Crippen LogP contribution in [0, 0.1) is 0 Å². The molecule has 0 bridgehead atoms. The van der Waals surface area contributed by atoms with Gasteiger partial charge in [0.15, 0.2) is 9.84 Å². The fraction of sp³-hybridized carbons (Fsp3) is 0.333. The van der Waals surface area contributed by atoms with Gasteiger partial charge in [0, 0.05) is 17.7 Å². The molecule has 6 heteroatoms. The third-order valence-corrected chi connectivity index (χ3v) is 5.90. The third-order valence-electron chi connectivity index (χ3n) is 4.79. The van der Waals surface area contributed by atoms with E-state index in [2.05, 4.69) is 60.3 Å². The van der Waals surface area contributed by atoms with Crippen LogP contribution in [0.2, 0.25) is 0 Å². The molecule has 3 rings (SSSR count). The first-order chi connectivity index (χ1) is 12.7. The zero-order chi connectivity index (χ0) is 19.7. The van der Waals surface area contributed by atoms with E-state index in [4.69, 9.17) is 0 Å². The summed E-state index contributed by atoms with van der Waals surface area (Å²) in [5.41, 5.74) is 1.99. The van der Waals surface area contributed by atoms with Gasteiger partial charge >= 0.3 is 0 Å². The third kappa shape index (κ3) is 4.45. The molecule has 0 spiro atoms. The molecular weight excluding hydrogens is 358 g/mol. The van der Waals surface area contributed by atoms with Crippen molar-refractivity contribution in [3.63, 3.8) is 0 Å². The minimum Gasteiger partial charge on any atom is -0.367 e. The largest absolute Gasteiger partial charge is 0.367 e. The molecule has 142 valence electrons. The summed E-state index contributed by atoms with van der Waals surface area (Å²) in [6.07, 6.45) is 3.60. The zero-order valence-electron chi connectivity index (χ0n) is 16.1. The molecule has 0 saturated heterocycles.